The first-order valence-corrected chi connectivity index (χ1v) is 10.8. The maximum atomic E-state index is 14.7. The Kier molecular flexibility index (Phi) is 5.76. The molecule has 0 N–H and O–H groups in total. The molecule has 1 nitrogen and oxygen atoms in total. The topological polar surface area (TPSA) is 9.23 Å². The zero-order chi connectivity index (χ0) is 20.6. The van der Waals surface area contributed by atoms with Gasteiger partial charge in [-0.2, -0.15) is 0 Å². The van der Waals surface area contributed by atoms with Crippen molar-refractivity contribution in [2.45, 2.75) is 70.6 Å². The largest absolute Gasteiger partial charge is 0.573 e. The number of hydrogen-bond acceptors (Lipinski definition) is 1. The molecule has 2 fully saturated rings. The highest BCUT2D eigenvalue weighted by molar-refractivity contribution is 5.85. The first-order valence-electron chi connectivity index (χ1n) is 10.8. The lowest BCUT2D eigenvalue weighted by Gasteiger charge is -2.42. The lowest BCUT2D eigenvalue weighted by atomic mass is 9.63. The molecule has 2 aromatic rings. The van der Waals surface area contributed by atoms with E-state index in [-0.39, 0.29) is 11.1 Å². The predicted molar refractivity (Wildman–Crippen MR) is 106 cm³/mol. The maximum Gasteiger partial charge on any atom is 0.573 e. The number of alkyl halides is 3. The van der Waals surface area contributed by atoms with Crippen LogP contribution in [-0.2, 0) is 0 Å². The van der Waals surface area contributed by atoms with Crippen molar-refractivity contribution in [2.24, 2.45) is 17.8 Å². The molecule has 0 saturated heterocycles. The van der Waals surface area contributed by atoms with Crippen LogP contribution in [0, 0.1) is 23.6 Å². The van der Waals surface area contributed by atoms with Gasteiger partial charge in [-0.25, -0.2) is 4.39 Å². The van der Waals surface area contributed by atoms with Gasteiger partial charge in [-0.1, -0.05) is 38.3 Å². The van der Waals surface area contributed by atoms with Crippen LogP contribution in [0.1, 0.15) is 69.8 Å². The summed E-state index contributed by atoms with van der Waals surface area (Å²) >= 11 is 0. The van der Waals surface area contributed by atoms with E-state index >= 15 is 0 Å². The van der Waals surface area contributed by atoms with Crippen molar-refractivity contribution in [1.82, 2.24) is 0 Å². The molecule has 2 aliphatic carbocycles. The summed E-state index contributed by atoms with van der Waals surface area (Å²) in [4.78, 5) is 0. The molecule has 2 aromatic carbocycles. The maximum absolute atomic E-state index is 14.7. The van der Waals surface area contributed by atoms with E-state index in [0.717, 1.165) is 42.2 Å². The van der Waals surface area contributed by atoms with Gasteiger partial charge in [0.1, 0.15) is 11.6 Å². The van der Waals surface area contributed by atoms with Crippen LogP contribution in [-0.4, -0.2) is 6.36 Å². The highest BCUT2D eigenvalue weighted by Gasteiger charge is 2.36. The Balaban J connectivity index is 1.51. The first-order chi connectivity index (χ1) is 13.8. The highest BCUT2D eigenvalue weighted by atomic mass is 19.4. The lowest BCUT2D eigenvalue weighted by molar-refractivity contribution is -0.274. The minimum atomic E-state index is -4.78. The summed E-state index contributed by atoms with van der Waals surface area (Å²) in [6.07, 6.45) is 5.13. The van der Waals surface area contributed by atoms with Gasteiger partial charge in [0, 0.05) is 5.39 Å². The van der Waals surface area contributed by atoms with Crippen LogP contribution in [0.5, 0.6) is 5.75 Å². The van der Waals surface area contributed by atoms with Crippen LogP contribution in [0.15, 0.2) is 30.3 Å². The van der Waals surface area contributed by atoms with Gasteiger partial charge in [-0.15, -0.1) is 13.2 Å². The van der Waals surface area contributed by atoms with E-state index < -0.39 is 12.2 Å². The van der Waals surface area contributed by atoms with Crippen molar-refractivity contribution in [1.29, 1.82) is 0 Å². The van der Waals surface area contributed by atoms with Gasteiger partial charge < -0.3 is 4.74 Å². The number of rotatable bonds is 4. The third kappa shape index (κ3) is 4.70. The molecule has 2 unspecified atom stereocenters. The lowest BCUT2D eigenvalue weighted by Crippen LogP contribution is -2.30. The van der Waals surface area contributed by atoms with Crippen LogP contribution in [0.2, 0.25) is 0 Å². The van der Waals surface area contributed by atoms with E-state index in [4.69, 9.17) is 0 Å². The summed E-state index contributed by atoms with van der Waals surface area (Å²) in [7, 11) is 0. The van der Waals surface area contributed by atoms with Crippen LogP contribution in [0.3, 0.4) is 0 Å². The quantitative estimate of drug-likeness (QED) is 0.466. The van der Waals surface area contributed by atoms with Crippen molar-refractivity contribution in [3.8, 4) is 5.75 Å². The van der Waals surface area contributed by atoms with Gasteiger partial charge in [-0.3, -0.25) is 0 Å². The third-order valence-corrected chi connectivity index (χ3v) is 7.02. The van der Waals surface area contributed by atoms with Crippen LogP contribution < -0.4 is 4.74 Å². The number of ether oxygens (including phenoxy) is 1. The van der Waals surface area contributed by atoms with Crippen molar-refractivity contribution in [3.05, 3.63) is 41.7 Å². The molecule has 2 aliphatic rings. The summed E-state index contributed by atoms with van der Waals surface area (Å²) in [6, 6.07) is 7.38. The molecule has 0 spiro atoms. The zero-order valence-corrected chi connectivity index (χ0v) is 16.8. The summed E-state index contributed by atoms with van der Waals surface area (Å²) in [6.45, 7) is 2.26. The van der Waals surface area contributed by atoms with E-state index in [0.29, 0.717) is 11.3 Å². The van der Waals surface area contributed by atoms with Gasteiger partial charge in [0.2, 0.25) is 0 Å². The molecule has 4 rings (SSSR count). The second-order valence-corrected chi connectivity index (χ2v) is 8.93. The Bertz CT molecular complexity index is 860. The monoisotopic (exact) mass is 408 g/mol. The SMILES string of the molecule is CCC[C@@H]1CC[C@@H]2CC(c3cc(F)c4cc(OC(F)(F)F)ccc4c3)CCC2C1. The van der Waals surface area contributed by atoms with Crippen molar-refractivity contribution >= 4 is 10.8 Å². The zero-order valence-electron chi connectivity index (χ0n) is 16.8. The van der Waals surface area contributed by atoms with Crippen LogP contribution in [0.4, 0.5) is 17.6 Å². The summed E-state index contributed by atoms with van der Waals surface area (Å²) in [5.74, 6) is 1.89. The second kappa shape index (κ2) is 8.16. The standard InChI is InChI=1S/C24H28F4O/c1-2-3-15-4-5-17-11-18(7-6-16(17)10-15)20-12-19-8-9-21(29-24(26,27)28)14-22(19)23(25)13-20/h8-9,12-18H,2-7,10-11H2,1H3/t15-,16?,17-,18?/m1/s1. The van der Waals surface area contributed by atoms with Gasteiger partial charge in [-0.05, 0) is 84.9 Å². The minimum Gasteiger partial charge on any atom is -0.406 e. The van der Waals surface area contributed by atoms with E-state index in [1.54, 1.807) is 0 Å². The Hall–Kier alpha value is -1.78. The van der Waals surface area contributed by atoms with Crippen LogP contribution >= 0.6 is 0 Å². The normalized spacial score (nSPS) is 27.6. The van der Waals surface area contributed by atoms with Crippen LogP contribution in [0.25, 0.3) is 10.8 Å². The third-order valence-electron chi connectivity index (χ3n) is 7.02. The van der Waals surface area contributed by atoms with Crippen molar-refractivity contribution in [3.63, 3.8) is 0 Å². The predicted octanol–water partition coefficient (Wildman–Crippen LogP) is 7.98. The molecule has 0 bridgehead atoms. The molecule has 5 heteroatoms. The number of halogens is 4. The Morgan fingerprint density at radius 3 is 2.48 bits per heavy atom. The number of benzene rings is 2. The molecule has 0 amide bonds. The Morgan fingerprint density at radius 2 is 1.72 bits per heavy atom. The Labute approximate surface area is 169 Å². The fourth-order valence-corrected chi connectivity index (χ4v) is 5.71. The molecule has 0 aromatic heterocycles. The molecule has 0 heterocycles. The van der Waals surface area contributed by atoms with E-state index in [2.05, 4.69) is 11.7 Å². The first kappa shape index (κ1) is 20.5. The molecule has 0 radical (unpaired) electrons. The molecular formula is C24H28F4O. The smallest absolute Gasteiger partial charge is 0.406 e. The molecule has 4 atom stereocenters. The van der Waals surface area contributed by atoms with Gasteiger partial charge in [0.25, 0.3) is 0 Å². The highest BCUT2D eigenvalue weighted by Crippen LogP contribution is 2.48. The number of fused-ring (bicyclic) bond motifs is 2. The molecule has 2 saturated carbocycles. The van der Waals surface area contributed by atoms with Gasteiger partial charge in [0.15, 0.2) is 0 Å². The minimum absolute atomic E-state index is 0.171. The van der Waals surface area contributed by atoms with Gasteiger partial charge in [0.05, 0.1) is 0 Å². The van der Waals surface area contributed by atoms with Crippen molar-refractivity contribution < 1.29 is 22.3 Å². The van der Waals surface area contributed by atoms with E-state index in [1.165, 1.54) is 56.7 Å². The number of hydrogen-bond donors (Lipinski definition) is 0. The molecular weight excluding hydrogens is 380 g/mol. The average Bonchev–Trinajstić information content (AvgIpc) is 2.67. The molecule has 0 aliphatic heterocycles. The molecule has 29 heavy (non-hydrogen) atoms. The van der Waals surface area contributed by atoms with Crippen molar-refractivity contribution in [2.75, 3.05) is 0 Å². The molecule has 158 valence electrons. The fourth-order valence-electron chi connectivity index (χ4n) is 5.71. The van der Waals surface area contributed by atoms with Gasteiger partial charge >= 0.3 is 6.36 Å². The fraction of sp³-hybridized carbons (Fsp3) is 0.583. The summed E-state index contributed by atoms with van der Waals surface area (Å²) in [5.41, 5.74) is 0.980. The second-order valence-electron chi connectivity index (χ2n) is 8.93. The summed E-state index contributed by atoms with van der Waals surface area (Å²) in [5, 5.41) is 0.799. The van der Waals surface area contributed by atoms with E-state index in [9.17, 15) is 17.6 Å². The summed E-state index contributed by atoms with van der Waals surface area (Å²) < 4.78 is 56.0. The Morgan fingerprint density at radius 1 is 0.966 bits per heavy atom. The van der Waals surface area contributed by atoms with E-state index in [1.807, 2.05) is 6.07 Å². The average molecular weight is 408 g/mol.